The SMILES string of the molecule is N/N=C/c1cc(N2CCCCC2)nc(OCCc2ccccn2)n1. The van der Waals surface area contributed by atoms with Gasteiger partial charge in [-0.15, -0.1) is 0 Å². The molecule has 0 atom stereocenters. The highest BCUT2D eigenvalue weighted by Crippen LogP contribution is 2.20. The minimum Gasteiger partial charge on any atom is -0.463 e. The molecule has 0 aliphatic carbocycles. The van der Waals surface area contributed by atoms with Crippen LogP contribution in [-0.2, 0) is 6.42 Å². The molecule has 0 amide bonds. The molecule has 0 spiro atoms. The molecule has 7 heteroatoms. The first kappa shape index (κ1) is 16.2. The number of nitrogens with zero attached hydrogens (tertiary/aromatic N) is 5. The lowest BCUT2D eigenvalue weighted by Crippen LogP contribution is -2.30. The standard InChI is InChI=1S/C17H22N6O/c18-20-13-15-12-16(23-9-4-1-5-10-23)22-17(21-15)24-11-7-14-6-2-3-8-19-14/h2-3,6,8,12-13H,1,4-5,7,9-11,18H2/b20-13+. The summed E-state index contributed by atoms with van der Waals surface area (Å²) in [4.78, 5) is 15.4. The summed E-state index contributed by atoms with van der Waals surface area (Å²) in [6.07, 6.45) is 7.63. The normalized spacial score (nSPS) is 14.9. The number of anilines is 1. The van der Waals surface area contributed by atoms with Crippen molar-refractivity contribution in [3.8, 4) is 6.01 Å². The van der Waals surface area contributed by atoms with E-state index >= 15 is 0 Å². The van der Waals surface area contributed by atoms with Gasteiger partial charge in [0.2, 0.25) is 0 Å². The Labute approximate surface area is 141 Å². The van der Waals surface area contributed by atoms with Gasteiger partial charge in [-0.2, -0.15) is 15.1 Å². The van der Waals surface area contributed by atoms with Gasteiger partial charge in [0.05, 0.1) is 18.5 Å². The predicted molar refractivity (Wildman–Crippen MR) is 93.3 cm³/mol. The number of pyridine rings is 1. The van der Waals surface area contributed by atoms with Crippen molar-refractivity contribution < 1.29 is 4.74 Å². The van der Waals surface area contributed by atoms with Crippen LogP contribution in [0.2, 0.25) is 0 Å². The van der Waals surface area contributed by atoms with E-state index in [0.29, 0.717) is 24.7 Å². The number of piperidine rings is 1. The number of aromatic nitrogens is 3. The van der Waals surface area contributed by atoms with E-state index in [2.05, 4.69) is 25.0 Å². The van der Waals surface area contributed by atoms with Gasteiger partial charge < -0.3 is 15.5 Å². The molecule has 3 rings (SSSR count). The monoisotopic (exact) mass is 326 g/mol. The Hall–Kier alpha value is -2.70. The molecule has 1 aliphatic rings. The molecule has 24 heavy (non-hydrogen) atoms. The van der Waals surface area contributed by atoms with Gasteiger partial charge in [0, 0.05) is 37.5 Å². The number of hydrogen-bond donors (Lipinski definition) is 1. The molecule has 1 aliphatic heterocycles. The Morgan fingerprint density at radius 1 is 1.21 bits per heavy atom. The van der Waals surface area contributed by atoms with Crippen molar-refractivity contribution in [2.75, 3.05) is 24.6 Å². The molecule has 0 radical (unpaired) electrons. The first-order valence-corrected chi connectivity index (χ1v) is 8.25. The van der Waals surface area contributed by atoms with Gasteiger partial charge >= 0.3 is 6.01 Å². The van der Waals surface area contributed by atoms with Crippen LogP contribution in [0.4, 0.5) is 5.82 Å². The molecule has 2 N–H and O–H groups in total. The molecular formula is C17H22N6O. The maximum Gasteiger partial charge on any atom is 0.318 e. The Kier molecular flexibility index (Phi) is 5.55. The lowest BCUT2D eigenvalue weighted by molar-refractivity contribution is 0.295. The number of hydrazone groups is 1. The summed E-state index contributed by atoms with van der Waals surface area (Å²) in [6.45, 7) is 2.48. The zero-order valence-corrected chi connectivity index (χ0v) is 13.6. The molecule has 2 aromatic heterocycles. The average molecular weight is 326 g/mol. The lowest BCUT2D eigenvalue weighted by Gasteiger charge is -2.27. The molecule has 1 saturated heterocycles. The molecular weight excluding hydrogens is 304 g/mol. The fraction of sp³-hybridized carbons (Fsp3) is 0.412. The Bertz CT molecular complexity index is 670. The smallest absolute Gasteiger partial charge is 0.318 e. The van der Waals surface area contributed by atoms with Gasteiger partial charge in [-0.3, -0.25) is 4.98 Å². The van der Waals surface area contributed by atoms with E-state index in [9.17, 15) is 0 Å². The van der Waals surface area contributed by atoms with Crippen molar-refractivity contribution in [3.63, 3.8) is 0 Å². The summed E-state index contributed by atoms with van der Waals surface area (Å²) >= 11 is 0. The van der Waals surface area contributed by atoms with Crippen LogP contribution in [0.25, 0.3) is 0 Å². The second kappa shape index (κ2) is 8.24. The van der Waals surface area contributed by atoms with Gasteiger partial charge in [0.1, 0.15) is 5.82 Å². The summed E-state index contributed by atoms with van der Waals surface area (Å²) in [5.41, 5.74) is 1.63. The number of hydrogen-bond acceptors (Lipinski definition) is 7. The van der Waals surface area contributed by atoms with Gasteiger partial charge in [-0.25, -0.2) is 0 Å². The summed E-state index contributed by atoms with van der Waals surface area (Å²) in [5.74, 6) is 6.13. The van der Waals surface area contributed by atoms with Crippen molar-refractivity contribution in [1.82, 2.24) is 15.0 Å². The number of nitrogens with two attached hydrogens (primary N) is 1. The first-order chi connectivity index (χ1) is 11.8. The Morgan fingerprint density at radius 3 is 2.83 bits per heavy atom. The zero-order valence-electron chi connectivity index (χ0n) is 13.6. The lowest BCUT2D eigenvalue weighted by atomic mass is 10.1. The van der Waals surface area contributed by atoms with E-state index in [4.69, 9.17) is 10.6 Å². The summed E-state index contributed by atoms with van der Waals surface area (Å²) in [6, 6.07) is 8.08. The van der Waals surface area contributed by atoms with Crippen LogP contribution in [0.5, 0.6) is 6.01 Å². The molecule has 0 aromatic carbocycles. The van der Waals surface area contributed by atoms with E-state index in [1.54, 1.807) is 6.20 Å². The van der Waals surface area contributed by atoms with Gasteiger partial charge in [0.15, 0.2) is 0 Å². The highest BCUT2D eigenvalue weighted by Gasteiger charge is 2.15. The van der Waals surface area contributed by atoms with Crippen LogP contribution in [0.3, 0.4) is 0 Å². The van der Waals surface area contributed by atoms with Crippen LogP contribution in [0, 0.1) is 0 Å². The topological polar surface area (TPSA) is 89.5 Å². The fourth-order valence-electron chi connectivity index (χ4n) is 2.72. The molecule has 0 unspecified atom stereocenters. The molecule has 2 aromatic rings. The molecule has 0 bridgehead atoms. The number of ether oxygens (including phenoxy) is 1. The highest BCUT2D eigenvalue weighted by molar-refractivity contribution is 5.78. The largest absolute Gasteiger partial charge is 0.463 e. The van der Waals surface area contributed by atoms with Crippen LogP contribution in [0.1, 0.15) is 30.7 Å². The summed E-state index contributed by atoms with van der Waals surface area (Å²) in [7, 11) is 0. The minimum absolute atomic E-state index is 0.351. The summed E-state index contributed by atoms with van der Waals surface area (Å²) < 4.78 is 5.74. The third kappa shape index (κ3) is 4.41. The first-order valence-electron chi connectivity index (χ1n) is 8.25. The van der Waals surface area contributed by atoms with Gasteiger partial charge in [0.25, 0.3) is 0 Å². The van der Waals surface area contributed by atoms with E-state index < -0.39 is 0 Å². The fourth-order valence-corrected chi connectivity index (χ4v) is 2.72. The Balaban J connectivity index is 1.69. The summed E-state index contributed by atoms with van der Waals surface area (Å²) in [5, 5.41) is 3.56. The van der Waals surface area contributed by atoms with Gasteiger partial charge in [-0.1, -0.05) is 6.07 Å². The van der Waals surface area contributed by atoms with E-state index in [-0.39, 0.29) is 0 Å². The van der Waals surface area contributed by atoms with Crippen molar-refractivity contribution in [1.29, 1.82) is 0 Å². The molecule has 126 valence electrons. The molecule has 0 saturated carbocycles. The third-order valence-electron chi connectivity index (χ3n) is 3.91. The van der Waals surface area contributed by atoms with Crippen LogP contribution in [-0.4, -0.2) is 40.9 Å². The molecule has 3 heterocycles. The van der Waals surface area contributed by atoms with Crippen molar-refractivity contribution in [2.24, 2.45) is 10.9 Å². The maximum absolute atomic E-state index is 5.74. The van der Waals surface area contributed by atoms with Crippen LogP contribution >= 0.6 is 0 Å². The van der Waals surface area contributed by atoms with Crippen molar-refractivity contribution in [3.05, 3.63) is 41.9 Å². The van der Waals surface area contributed by atoms with Crippen molar-refractivity contribution in [2.45, 2.75) is 25.7 Å². The average Bonchev–Trinajstić information content (AvgIpc) is 2.63. The number of rotatable bonds is 6. The van der Waals surface area contributed by atoms with E-state index in [1.165, 1.54) is 25.5 Å². The highest BCUT2D eigenvalue weighted by atomic mass is 16.5. The zero-order chi connectivity index (χ0) is 16.6. The molecule has 7 nitrogen and oxygen atoms in total. The second-order valence-corrected chi connectivity index (χ2v) is 5.68. The molecule has 1 fully saturated rings. The maximum atomic E-state index is 5.74. The quantitative estimate of drug-likeness (QED) is 0.494. The second-order valence-electron chi connectivity index (χ2n) is 5.68. The van der Waals surface area contributed by atoms with Crippen molar-refractivity contribution >= 4 is 12.0 Å². The predicted octanol–water partition coefficient (Wildman–Crippen LogP) is 1.78. The van der Waals surface area contributed by atoms with Crippen LogP contribution < -0.4 is 15.5 Å². The third-order valence-corrected chi connectivity index (χ3v) is 3.91. The van der Waals surface area contributed by atoms with Gasteiger partial charge in [-0.05, 0) is 31.4 Å². The van der Waals surface area contributed by atoms with E-state index in [1.807, 2.05) is 24.3 Å². The van der Waals surface area contributed by atoms with Crippen LogP contribution in [0.15, 0.2) is 35.6 Å². The Morgan fingerprint density at radius 2 is 2.08 bits per heavy atom. The van der Waals surface area contributed by atoms with E-state index in [0.717, 1.165) is 24.6 Å². The minimum atomic E-state index is 0.351.